The summed E-state index contributed by atoms with van der Waals surface area (Å²) in [6, 6.07) is 13.2. The first-order valence-electron chi connectivity index (χ1n) is 7.97. The van der Waals surface area contributed by atoms with E-state index in [0.717, 1.165) is 22.9 Å². The molecule has 0 unspecified atom stereocenters. The number of hydrogen-bond acceptors (Lipinski definition) is 3. The minimum atomic E-state index is -0.254. The molecule has 1 aromatic heterocycles. The van der Waals surface area contributed by atoms with Gasteiger partial charge in [0.05, 0.1) is 18.3 Å². The van der Waals surface area contributed by atoms with Gasteiger partial charge >= 0.3 is 0 Å². The van der Waals surface area contributed by atoms with Crippen molar-refractivity contribution in [2.75, 3.05) is 6.54 Å². The van der Waals surface area contributed by atoms with Gasteiger partial charge in [-0.2, -0.15) is 5.10 Å². The van der Waals surface area contributed by atoms with E-state index in [1.54, 1.807) is 24.4 Å². The molecule has 0 aliphatic heterocycles. The van der Waals surface area contributed by atoms with Crippen molar-refractivity contribution in [2.45, 2.75) is 19.8 Å². The molecule has 122 valence electrons. The Morgan fingerprint density at radius 2 is 1.92 bits per heavy atom. The predicted octanol–water partition coefficient (Wildman–Crippen LogP) is 2.67. The van der Waals surface area contributed by atoms with E-state index in [4.69, 9.17) is 0 Å². The number of ketones is 1. The summed E-state index contributed by atoms with van der Waals surface area (Å²) in [5.74, 6) is -0.260. The van der Waals surface area contributed by atoms with Gasteiger partial charge in [0.15, 0.2) is 5.78 Å². The third-order valence-corrected chi connectivity index (χ3v) is 4.04. The maximum atomic E-state index is 12.2. The normalized spacial score (nSPS) is 10.7. The summed E-state index contributed by atoms with van der Waals surface area (Å²) in [6.45, 7) is 2.09. The summed E-state index contributed by atoms with van der Waals surface area (Å²) in [7, 11) is 0. The highest BCUT2D eigenvalue weighted by atomic mass is 16.2. The SMILES string of the molecule is CCc1ccccc1CC(=O)CNC(=O)c1ccc2[nH]ncc2c1. The molecule has 0 aliphatic rings. The van der Waals surface area contributed by atoms with Gasteiger partial charge in [0.25, 0.3) is 5.91 Å². The number of aromatic nitrogens is 2. The van der Waals surface area contributed by atoms with Crippen LogP contribution < -0.4 is 5.32 Å². The molecule has 1 heterocycles. The number of carbonyl (C=O) groups is 2. The molecule has 5 heteroatoms. The third kappa shape index (κ3) is 3.51. The number of H-pyrrole nitrogens is 1. The van der Waals surface area contributed by atoms with Crippen LogP contribution in [0.5, 0.6) is 0 Å². The van der Waals surface area contributed by atoms with Crippen molar-refractivity contribution in [3.63, 3.8) is 0 Å². The van der Waals surface area contributed by atoms with Crippen molar-refractivity contribution < 1.29 is 9.59 Å². The molecule has 0 saturated carbocycles. The maximum absolute atomic E-state index is 12.2. The van der Waals surface area contributed by atoms with Crippen LogP contribution in [0.1, 0.15) is 28.4 Å². The highest BCUT2D eigenvalue weighted by Gasteiger charge is 2.11. The molecule has 1 amide bonds. The second kappa shape index (κ2) is 7.08. The monoisotopic (exact) mass is 321 g/mol. The van der Waals surface area contributed by atoms with E-state index in [9.17, 15) is 9.59 Å². The standard InChI is InChI=1S/C19H19N3O2/c1-2-13-5-3-4-6-14(13)10-17(23)12-20-19(24)15-7-8-18-16(9-15)11-21-22-18/h3-9,11H,2,10,12H2,1H3,(H,20,24)(H,21,22). The smallest absolute Gasteiger partial charge is 0.251 e. The summed E-state index contributed by atoms with van der Waals surface area (Å²) >= 11 is 0. The van der Waals surface area contributed by atoms with Gasteiger partial charge in [0, 0.05) is 17.4 Å². The van der Waals surface area contributed by atoms with Crippen LogP contribution in [0.25, 0.3) is 10.9 Å². The minimum Gasteiger partial charge on any atom is -0.345 e. The lowest BCUT2D eigenvalue weighted by atomic mass is 10.0. The maximum Gasteiger partial charge on any atom is 0.251 e. The van der Waals surface area contributed by atoms with E-state index in [0.29, 0.717) is 12.0 Å². The second-order valence-corrected chi connectivity index (χ2v) is 5.69. The van der Waals surface area contributed by atoms with E-state index in [1.165, 1.54) is 5.56 Å². The van der Waals surface area contributed by atoms with Crippen molar-refractivity contribution in [1.82, 2.24) is 15.5 Å². The molecule has 24 heavy (non-hydrogen) atoms. The average Bonchev–Trinajstić information content (AvgIpc) is 3.07. The zero-order valence-electron chi connectivity index (χ0n) is 13.5. The molecular formula is C19H19N3O2. The van der Waals surface area contributed by atoms with Crippen LogP contribution in [0.3, 0.4) is 0 Å². The number of fused-ring (bicyclic) bond motifs is 1. The van der Waals surface area contributed by atoms with Crippen molar-refractivity contribution >= 4 is 22.6 Å². The number of nitrogens with zero attached hydrogens (tertiary/aromatic N) is 1. The molecule has 3 rings (SSSR count). The Bertz CT molecular complexity index is 883. The number of aryl methyl sites for hydroxylation is 1. The number of Topliss-reactive ketones (excluding diaryl/α,β-unsaturated/α-hetero) is 1. The average molecular weight is 321 g/mol. The highest BCUT2D eigenvalue weighted by molar-refractivity contribution is 5.99. The van der Waals surface area contributed by atoms with Crippen LogP contribution in [0.15, 0.2) is 48.7 Å². The summed E-state index contributed by atoms with van der Waals surface area (Å²) in [5.41, 5.74) is 3.59. The Hall–Kier alpha value is -2.95. The van der Waals surface area contributed by atoms with Gasteiger partial charge in [-0.3, -0.25) is 14.7 Å². The highest BCUT2D eigenvalue weighted by Crippen LogP contribution is 2.13. The lowest BCUT2D eigenvalue weighted by Crippen LogP contribution is -2.30. The van der Waals surface area contributed by atoms with Gasteiger partial charge in [-0.1, -0.05) is 31.2 Å². The number of nitrogens with one attached hydrogen (secondary N) is 2. The fourth-order valence-electron chi connectivity index (χ4n) is 2.71. The van der Waals surface area contributed by atoms with Crippen molar-refractivity contribution in [2.24, 2.45) is 0 Å². The van der Waals surface area contributed by atoms with Crippen molar-refractivity contribution in [3.05, 3.63) is 65.4 Å². The van der Waals surface area contributed by atoms with Crippen LogP contribution in [-0.2, 0) is 17.6 Å². The first-order valence-corrected chi connectivity index (χ1v) is 7.97. The van der Waals surface area contributed by atoms with Crippen LogP contribution in [-0.4, -0.2) is 28.4 Å². The first-order chi connectivity index (χ1) is 11.7. The van der Waals surface area contributed by atoms with Crippen LogP contribution in [0, 0.1) is 0 Å². The number of amides is 1. The number of benzene rings is 2. The molecule has 3 aromatic rings. The van der Waals surface area contributed by atoms with E-state index in [-0.39, 0.29) is 18.2 Å². The van der Waals surface area contributed by atoms with Gasteiger partial charge in [0.2, 0.25) is 0 Å². The summed E-state index contributed by atoms with van der Waals surface area (Å²) in [6.07, 6.45) is 2.89. The Labute approximate surface area is 140 Å². The number of rotatable bonds is 6. The number of hydrogen-bond donors (Lipinski definition) is 2. The molecular weight excluding hydrogens is 302 g/mol. The zero-order valence-corrected chi connectivity index (χ0v) is 13.5. The Kier molecular flexibility index (Phi) is 4.70. The van der Waals surface area contributed by atoms with E-state index in [1.807, 2.05) is 24.3 Å². The van der Waals surface area contributed by atoms with Gasteiger partial charge in [-0.05, 0) is 35.7 Å². The molecule has 0 aliphatic carbocycles. The largest absolute Gasteiger partial charge is 0.345 e. The molecule has 0 bridgehead atoms. The van der Waals surface area contributed by atoms with E-state index >= 15 is 0 Å². The number of carbonyl (C=O) groups excluding carboxylic acids is 2. The zero-order chi connectivity index (χ0) is 16.9. The van der Waals surface area contributed by atoms with Gasteiger partial charge in [0.1, 0.15) is 0 Å². The lowest BCUT2D eigenvalue weighted by Gasteiger charge is -2.08. The first kappa shape index (κ1) is 15.9. The molecule has 0 radical (unpaired) electrons. The topological polar surface area (TPSA) is 74.8 Å². The Morgan fingerprint density at radius 1 is 1.12 bits per heavy atom. The fraction of sp³-hybridized carbons (Fsp3) is 0.211. The molecule has 0 fully saturated rings. The summed E-state index contributed by atoms with van der Waals surface area (Å²) in [5, 5.41) is 10.3. The minimum absolute atomic E-state index is 0.00589. The van der Waals surface area contributed by atoms with Crippen LogP contribution in [0.4, 0.5) is 0 Å². The second-order valence-electron chi connectivity index (χ2n) is 5.69. The fourth-order valence-corrected chi connectivity index (χ4v) is 2.71. The Morgan fingerprint density at radius 3 is 2.71 bits per heavy atom. The molecule has 0 spiro atoms. The van der Waals surface area contributed by atoms with Crippen LogP contribution in [0.2, 0.25) is 0 Å². The lowest BCUT2D eigenvalue weighted by molar-refractivity contribution is -0.117. The van der Waals surface area contributed by atoms with Crippen molar-refractivity contribution in [1.29, 1.82) is 0 Å². The van der Waals surface area contributed by atoms with E-state index in [2.05, 4.69) is 22.4 Å². The quantitative estimate of drug-likeness (QED) is 0.733. The number of aromatic amines is 1. The van der Waals surface area contributed by atoms with Gasteiger partial charge < -0.3 is 5.32 Å². The van der Waals surface area contributed by atoms with E-state index < -0.39 is 0 Å². The molecule has 2 N–H and O–H groups in total. The molecule has 0 saturated heterocycles. The third-order valence-electron chi connectivity index (χ3n) is 4.04. The molecule has 5 nitrogen and oxygen atoms in total. The molecule has 2 aromatic carbocycles. The summed E-state index contributed by atoms with van der Waals surface area (Å²) < 4.78 is 0. The summed E-state index contributed by atoms with van der Waals surface area (Å²) in [4.78, 5) is 24.4. The Balaban J connectivity index is 1.60. The van der Waals surface area contributed by atoms with Gasteiger partial charge in [-0.15, -0.1) is 0 Å². The van der Waals surface area contributed by atoms with Crippen LogP contribution >= 0.6 is 0 Å². The van der Waals surface area contributed by atoms with Gasteiger partial charge in [-0.25, -0.2) is 0 Å². The van der Waals surface area contributed by atoms with Crippen molar-refractivity contribution in [3.8, 4) is 0 Å². The molecule has 0 atom stereocenters. The predicted molar refractivity (Wildman–Crippen MR) is 93.0 cm³/mol.